The van der Waals surface area contributed by atoms with Crippen LogP contribution in [0.25, 0.3) is 0 Å². The summed E-state index contributed by atoms with van der Waals surface area (Å²) in [5.74, 6) is 1.67. The Bertz CT molecular complexity index is 1570. The van der Waals surface area contributed by atoms with Gasteiger partial charge >= 0.3 is 0 Å². The molecule has 3 aliphatic rings. The Kier molecular flexibility index (Phi) is 13.9. The molecule has 51 heavy (non-hydrogen) atoms. The van der Waals surface area contributed by atoms with E-state index in [1.807, 2.05) is 24.3 Å². The standard InChI is InChI=1S/C23H29NO3.C18H27N3O3/c1-24-13-11-23(12-14-24,20-6-3-2-4-7-20)21-18-19(8-9-22(21)26)10-17-27-16-5-15-25;1-12(13-3-4-13)21(2)10-9-19-8-7-14-5-6-15(22)17-18(14)24-11-16(23)20-17/h2-4,6-9,15,18,26H,5,10-14,16-17H2,1H3;5-6,12-13,19,22H,3-4,7-11H2,1-2H3,(H,20,23). The van der Waals surface area contributed by atoms with Gasteiger partial charge in [0.2, 0.25) is 0 Å². The number of phenolic OH excluding ortho intramolecular Hbond substituents is 2. The second-order valence-electron chi connectivity index (χ2n) is 14.3. The smallest absolute Gasteiger partial charge is 0.262 e. The summed E-state index contributed by atoms with van der Waals surface area (Å²) in [6, 6.07) is 20.6. The maximum Gasteiger partial charge on any atom is 0.262 e. The molecule has 6 rings (SSSR count). The number of carbonyl (C=O) groups is 2. The number of hydrogen-bond donors (Lipinski definition) is 4. The van der Waals surface area contributed by atoms with Crippen LogP contribution in [0.1, 0.15) is 61.3 Å². The number of likely N-dealkylation sites (tertiary alicyclic amines) is 1. The van der Waals surface area contributed by atoms with Gasteiger partial charge in [0.15, 0.2) is 12.4 Å². The van der Waals surface area contributed by atoms with Gasteiger partial charge in [-0.2, -0.15) is 0 Å². The predicted octanol–water partition coefficient (Wildman–Crippen LogP) is 5.14. The molecule has 10 nitrogen and oxygen atoms in total. The van der Waals surface area contributed by atoms with Crippen molar-refractivity contribution in [2.24, 2.45) is 5.92 Å². The highest BCUT2D eigenvalue weighted by Gasteiger charge is 2.39. The number of phenols is 2. The average Bonchev–Trinajstić information content (AvgIpc) is 4.00. The Labute approximate surface area is 303 Å². The van der Waals surface area contributed by atoms with E-state index in [4.69, 9.17) is 9.47 Å². The molecular weight excluding hydrogens is 644 g/mol. The normalized spacial score (nSPS) is 17.5. The van der Waals surface area contributed by atoms with E-state index in [9.17, 15) is 19.8 Å². The molecule has 3 aromatic carbocycles. The second kappa shape index (κ2) is 18.5. The zero-order valence-corrected chi connectivity index (χ0v) is 30.5. The van der Waals surface area contributed by atoms with Crippen LogP contribution in [-0.2, 0) is 32.6 Å². The second-order valence-corrected chi connectivity index (χ2v) is 14.3. The van der Waals surface area contributed by atoms with Crippen molar-refractivity contribution in [1.29, 1.82) is 0 Å². The lowest BCUT2D eigenvalue weighted by molar-refractivity contribution is -0.118. The Balaban J connectivity index is 0.000000199. The lowest BCUT2D eigenvalue weighted by Gasteiger charge is -2.42. The molecule has 4 N–H and O–H groups in total. The summed E-state index contributed by atoms with van der Waals surface area (Å²) in [4.78, 5) is 26.5. The number of piperidine rings is 1. The first-order valence-electron chi connectivity index (χ1n) is 18.5. The number of aldehydes is 1. The van der Waals surface area contributed by atoms with E-state index in [-0.39, 0.29) is 23.7 Å². The van der Waals surface area contributed by atoms with Crippen LogP contribution in [0, 0.1) is 5.92 Å². The molecule has 1 aliphatic carbocycles. The lowest BCUT2D eigenvalue weighted by Crippen LogP contribution is -2.41. The van der Waals surface area contributed by atoms with Gasteiger partial charge in [-0.25, -0.2) is 0 Å². The van der Waals surface area contributed by atoms with E-state index in [2.05, 4.69) is 71.8 Å². The van der Waals surface area contributed by atoms with Crippen LogP contribution in [0.5, 0.6) is 17.2 Å². The molecule has 1 atom stereocenters. The van der Waals surface area contributed by atoms with Gasteiger partial charge in [0.05, 0.1) is 13.2 Å². The predicted molar refractivity (Wildman–Crippen MR) is 201 cm³/mol. The van der Waals surface area contributed by atoms with E-state index in [1.54, 1.807) is 6.07 Å². The molecule has 2 aliphatic heterocycles. The van der Waals surface area contributed by atoms with Gasteiger partial charge in [0.25, 0.3) is 5.91 Å². The van der Waals surface area contributed by atoms with E-state index < -0.39 is 0 Å². The third-order valence-corrected chi connectivity index (χ3v) is 10.7. The molecule has 10 heteroatoms. The van der Waals surface area contributed by atoms with Crippen LogP contribution in [0.2, 0.25) is 0 Å². The minimum absolute atomic E-state index is 0.000726. The molecule has 0 bridgehead atoms. The fourth-order valence-electron chi connectivity index (χ4n) is 7.17. The molecule has 1 saturated heterocycles. The molecule has 2 fully saturated rings. The molecule has 1 saturated carbocycles. The monoisotopic (exact) mass is 700 g/mol. The van der Waals surface area contributed by atoms with E-state index >= 15 is 0 Å². The van der Waals surface area contributed by atoms with Gasteiger partial charge in [0, 0.05) is 36.5 Å². The summed E-state index contributed by atoms with van der Waals surface area (Å²) in [5, 5.41) is 26.7. The maximum absolute atomic E-state index is 11.4. The van der Waals surface area contributed by atoms with Crippen LogP contribution in [0.4, 0.5) is 5.69 Å². The van der Waals surface area contributed by atoms with Crippen molar-refractivity contribution in [3.05, 3.63) is 82.9 Å². The van der Waals surface area contributed by atoms with Crippen molar-refractivity contribution < 1.29 is 29.3 Å². The van der Waals surface area contributed by atoms with Crippen molar-refractivity contribution in [3.8, 4) is 17.2 Å². The van der Waals surface area contributed by atoms with Gasteiger partial charge in [-0.05, 0) is 114 Å². The largest absolute Gasteiger partial charge is 0.508 e. The van der Waals surface area contributed by atoms with Crippen molar-refractivity contribution in [3.63, 3.8) is 0 Å². The first-order valence-corrected chi connectivity index (χ1v) is 18.5. The number of hydrogen-bond acceptors (Lipinski definition) is 9. The molecule has 1 unspecified atom stereocenters. The zero-order valence-electron chi connectivity index (χ0n) is 30.5. The number of likely N-dealkylation sites (N-methyl/N-ethyl adjacent to an activating group) is 1. The van der Waals surface area contributed by atoms with Gasteiger partial charge in [0.1, 0.15) is 23.5 Å². The molecule has 2 heterocycles. The molecule has 1 amide bonds. The third-order valence-electron chi connectivity index (χ3n) is 10.7. The van der Waals surface area contributed by atoms with E-state index in [0.29, 0.717) is 42.9 Å². The quantitative estimate of drug-likeness (QED) is 0.0915. The summed E-state index contributed by atoms with van der Waals surface area (Å²) < 4.78 is 11.0. The van der Waals surface area contributed by atoms with Crippen LogP contribution in [0.3, 0.4) is 0 Å². The Hall–Kier alpha value is -3.96. The first-order chi connectivity index (χ1) is 24.7. The SMILES string of the molecule is CC(C1CC1)N(C)CCNCCc1ccc(O)c2c1OCC(=O)N2.CN1CCC(c2ccccc2)(c2cc(CCOCCC=O)ccc2O)CC1. The molecule has 0 spiro atoms. The van der Waals surface area contributed by atoms with Gasteiger partial charge in [-0.1, -0.05) is 48.5 Å². The van der Waals surface area contributed by atoms with E-state index in [1.165, 1.54) is 18.4 Å². The van der Waals surface area contributed by atoms with Crippen molar-refractivity contribution in [2.75, 3.05) is 72.0 Å². The number of rotatable bonds is 16. The Morgan fingerprint density at radius 3 is 2.51 bits per heavy atom. The van der Waals surface area contributed by atoms with Gasteiger partial charge in [-0.3, -0.25) is 4.79 Å². The lowest BCUT2D eigenvalue weighted by atomic mass is 9.67. The number of aromatic hydroxyl groups is 2. The fourth-order valence-corrected chi connectivity index (χ4v) is 7.17. The van der Waals surface area contributed by atoms with E-state index in [0.717, 1.165) is 87.3 Å². The van der Waals surface area contributed by atoms with Crippen LogP contribution in [-0.4, -0.2) is 105 Å². The number of anilines is 1. The zero-order chi connectivity index (χ0) is 36.2. The van der Waals surface area contributed by atoms with Gasteiger partial charge in [-0.15, -0.1) is 0 Å². The number of ether oxygens (including phenoxy) is 2. The number of carbonyl (C=O) groups excluding carboxylic acids is 2. The topological polar surface area (TPSA) is 124 Å². The van der Waals surface area contributed by atoms with Crippen molar-refractivity contribution in [1.82, 2.24) is 15.1 Å². The third kappa shape index (κ3) is 10.3. The molecule has 0 radical (unpaired) electrons. The molecule has 0 aromatic heterocycles. The summed E-state index contributed by atoms with van der Waals surface area (Å²) in [5.41, 5.74) is 4.67. The van der Waals surface area contributed by atoms with Crippen LogP contribution in [0.15, 0.2) is 60.7 Å². The highest BCUT2D eigenvalue weighted by Crippen LogP contribution is 2.45. The Morgan fingerprint density at radius 1 is 1.04 bits per heavy atom. The van der Waals surface area contributed by atoms with Crippen molar-refractivity contribution in [2.45, 2.75) is 63.3 Å². The molecule has 3 aromatic rings. The average molecular weight is 701 g/mol. The minimum Gasteiger partial charge on any atom is -0.508 e. The molecule has 276 valence electrons. The number of benzene rings is 3. The maximum atomic E-state index is 11.4. The summed E-state index contributed by atoms with van der Waals surface area (Å²) in [7, 11) is 4.35. The summed E-state index contributed by atoms with van der Waals surface area (Å²) in [6.07, 6.45) is 7.61. The van der Waals surface area contributed by atoms with Crippen LogP contribution >= 0.6 is 0 Å². The fraction of sp³-hybridized carbons (Fsp3) is 0.512. The number of nitrogens with zero attached hydrogens (tertiary/aromatic N) is 2. The minimum atomic E-state index is -0.235. The Morgan fingerprint density at radius 2 is 1.78 bits per heavy atom. The summed E-state index contributed by atoms with van der Waals surface area (Å²) >= 11 is 0. The number of amides is 1. The number of nitrogens with one attached hydrogen (secondary N) is 2. The highest BCUT2D eigenvalue weighted by atomic mass is 16.5. The van der Waals surface area contributed by atoms with Gasteiger partial charge < -0.3 is 44.9 Å². The van der Waals surface area contributed by atoms with Crippen LogP contribution < -0.4 is 15.4 Å². The first kappa shape index (κ1) is 38.3. The molecular formula is C41H56N4O6. The van der Waals surface area contributed by atoms with Crippen molar-refractivity contribution >= 4 is 17.9 Å². The summed E-state index contributed by atoms with van der Waals surface area (Å²) in [6.45, 7) is 8.20. The number of fused-ring (bicyclic) bond motifs is 1. The highest BCUT2D eigenvalue weighted by molar-refractivity contribution is 5.97.